The maximum absolute atomic E-state index is 13.1. The van der Waals surface area contributed by atoms with Crippen LogP contribution in [0.2, 0.25) is 5.02 Å². The van der Waals surface area contributed by atoms with Crippen molar-refractivity contribution in [1.82, 2.24) is 19.5 Å². The Morgan fingerprint density at radius 1 is 1.06 bits per heavy atom. The minimum absolute atomic E-state index is 0.0453. The Labute approximate surface area is 205 Å². The second-order valence-electron chi connectivity index (χ2n) is 8.50. The molecule has 0 aliphatic carbocycles. The van der Waals surface area contributed by atoms with Gasteiger partial charge in [0.1, 0.15) is 0 Å². The third-order valence-electron chi connectivity index (χ3n) is 6.36. The molecular weight excluding hydrogens is 480 g/mol. The number of hydrogen-bond donors (Lipinski definition) is 1. The first-order chi connectivity index (χ1) is 16.3. The molecule has 3 heterocycles. The molecule has 2 fully saturated rings. The van der Waals surface area contributed by atoms with Gasteiger partial charge in [-0.05, 0) is 49.1 Å². The molecular formula is C23H29ClN4O5S. The first-order valence-corrected chi connectivity index (χ1v) is 13.0. The van der Waals surface area contributed by atoms with Gasteiger partial charge in [0, 0.05) is 38.4 Å². The molecule has 2 aliphatic rings. The number of likely N-dealkylation sites (tertiary alicyclic amines) is 2. The van der Waals surface area contributed by atoms with E-state index in [0.717, 1.165) is 12.0 Å². The maximum atomic E-state index is 13.1. The van der Waals surface area contributed by atoms with E-state index in [-0.39, 0.29) is 23.0 Å². The number of aromatic nitrogens is 1. The Hall–Kier alpha value is -2.40. The largest absolute Gasteiger partial charge is 0.493 e. The minimum Gasteiger partial charge on any atom is -0.493 e. The third-order valence-corrected chi connectivity index (χ3v) is 8.02. The first-order valence-electron chi connectivity index (χ1n) is 11.2. The van der Waals surface area contributed by atoms with Crippen molar-refractivity contribution in [3.63, 3.8) is 0 Å². The van der Waals surface area contributed by atoms with Crippen molar-refractivity contribution in [3.05, 3.63) is 47.1 Å². The van der Waals surface area contributed by atoms with Gasteiger partial charge in [-0.3, -0.25) is 9.69 Å². The van der Waals surface area contributed by atoms with Crippen molar-refractivity contribution in [2.45, 2.75) is 42.9 Å². The molecule has 11 heteroatoms. The van der Waals surface area contributed by atoms with Gasteiger partial charge in [-0.1, -0.05) is 17.7 Å². The van der Waals surface area contributed by atoms with Crippen molar-refractivity contribution < 1.29 is 22.7 Å². The van der Waals surface area contributed by atoms with Crippen molar-refractivity contribution >= 4 is 27.5 Å². The molecule has 4 rings (SSSR count). The van der Waals surface area contributed by atoms with Gasteiger partial charge in [-0.25, -0.2) is 18.1 Å². The summed E-state index contributed by atoms with van der Waals surface area (Å²) in [5.41, 5.74) is 0.982. The van der Waals surface area contributed by atoms with Crippen LogP contribution >= 0.6 is 11.6 Å². The molecule has 34 heavy (non-hydrogen) atoms. The van der Waals surface area contributed by atoms with E-state index in [1.54, 1.807) is 14.2 Å². The van der Waals surface area contributed by atoms with Crippen LogP contribution in [0.25, 0.3) is 0 Å². The molecule has 0 saturated carbocycles. The molecule has 9 nitrogen and oxygen atoms in total. The van der Waals surface area contributed by atoms with Gasteiger partial charge in [0.15, 0.2) is 16.5 Å². The van der Waals surface area contributed by atoms with E-state index in [0.29, 0.717) is 55.5 Å². The molecule has 184 valence electrons. The lowest BCUT2D eigenvalue weighted by molar-refractivity contribution is -0.133. The predicted molar refractivity (Wildman–Crippen MR) is 128 cm³/mol. The molecule has 0 bridgehead atoms. The van der Waals surface area contributed by atoms with E-state index >= 15 is 0 Å². The minimum atomic E-state index is -3.71. The summed E-state index contributed by atoms with van der Waals surface area (Å²) in [6.07, 6.45) is 3.34. The number of hydrogen-bond acceptors (Lipinski definition) is 7. The highest BCUT2D eigenvalue weighted by molar-refractivity contribution is 7.89. The Bertz CT molecular complexity index is 1120. The average Bonchev–Trinajstić information content (AvgIpc) is 3.19. The number of piperidine rings is 1. The summed E-state index contributed by atoms with van der Waals surface area (Å²) in [7, 11) is -0.527. The summed E-state index contributed by atoms with van der Waals surface area (Å²) in [6.45, 7) is 2.51. The lowest BCUT2D eigenvalue weighted by atomic mass is 10.0. The maximum Gasteiger partial charge on any atom is 0.258 e. The molecule has 1 unspecified atom stereocenters. The molecule has 1 amide bonds. The van der Waals surface area contributed by atoms with Gasteiger partial charge in [0.05, 0.1) is 25.3 Å². The molecule has 1 atom stereocenters. The zero-order chi connectivity index (χ0) is 24.3. The van der Waals surface area contributed by atoms with Gasteiger partial charge >= 0.3 is 0 Å². The van der Waals surface area contributed by atoms with Crippen LogP contribution in [0.3, 0.4) is 0 Å². The molecule has 1 aromatic carbocycles. The van der Waals surface area contributed by atoms with Crippen LogP contribution < -0.4 is 14.2 Å². The number of carbonyl (C=O) groups excluding carboxylic acids is 1. The van der Waals surface area contributed by atoms with Crippen LogP contribution in [0.5, 0.6) is 11.5 Å². The molecule has 1 aromatic heterocycles. The predicted octanol–water partition coefficient (Wildman–Crippen LogP) is 2.30. The standard InChI is InChI=1S/C23H29ClN4O5S/c1-32-20-5-3-16(13-21(20)33-2)15-28-12-9-19(23(28)29)27-10-7-18(8-11-27)26-34(30,31)22-6-4-17(24)14-25-22/h3-6,13-14,18-19,26H,7-12,15H2,1-2H3. The van der Waals surface area contributed by atoms with Crippen LogP contribution in [0.15, 0.2) is 41.6 Å². The summed E-state index contributed by atoms with van der Waals surface area (Å²) < 4.78 is 38.6. The van der Waals surface area contributed by atoms with Gasteiger partial charge in [0.2, 0.25) is 5.91 Å². The number of benzene rings is 1. The number of sulfonamides is 1. The van der Waals surface area contributed by atoms with Crippen LogP contribution in [-0.2, 0) is 21.4 Å². The van der Waals surface area contributed by atoms with E-state index in [1.807, 2.05) is 23.1 Å². The zero-order valence-corrected chi connectivity index (χ0v) is 20.8. The lowest BCUT2D eigenvalue weighted by Crippen LogP contribution is -2.50. The van der Waals surface area contributed by atoms with E-state index in [2.05, 4.69) is 14.6 Å². The van der Waals surface area contributed by atoms with E-state index in [1.165, 1.54) is 18.3 Å². The number of carbonyl (C=O) groups is 1. The number of nitrogens with zero attached hydrogens (tertiary/aromatic N) is 3. The summed E-state index contributed by atoms with van der Waals surface area (Å²) in [6, 6.07) is 8.21. The van der Waals surface area contributed by atoms with E-state index < -0.39 is 10.0 Å². The van der Waals surface area contributed by atoms with Crippen molar-refractivity contribution in [2.24, 2.45) is 0 Å². The molecule has 0 radical (unpaired) electrons. The highest BCUT2D eigenvalue weighted by Crippen LogP contribution is 2.29. The SMILES string of the molecule is COc1ccc(CN2CCC(N3CCC(NS(=O)(=O)c4ccc(Cl)cn4)CC3)C2=O)cc1OC. The quantitative estimate of drug-likeness (QED) is 0.583. The Morgan fingerprint density at radius 2 is 1.79 bits per heavy atom. The van der Waals surface area contributed by atoms with Crippen LogP contribution in [0.4, 0.5) is 0 Å². The highest BCUT2D eigenvalue weighted by Gasteiger charge is 2.38. The molecule has 2 aliphatic heterocycles. The fourth-order valence-corrected chi connectivity index (χ4v) is 5.89. The topological polar surface area (TPSA) is 101 Å². The van der Waals surface area contributed by atoms with Gasteiger partial charge in [-0.15, -0.1) is 0 Å². The Balaban J connectivity index is 1.31. The molecule has 1 N–H and O–H groups in total. The summed E-state index contributed by atoms with van der Waals surface area (Å²) >= 11 is 5.80. The number of rotatable bonds is 8. The van der Waals surface area contributed by atoms with E-state index in [9.17, 15) is 13.2 Å². The monoisotopic (exact) mass is 508 g/mol. The van der Waals surface area contributed by atoms with Gasteiger partial charge < -0.3 is 14.4 Å². The Kier molecular flexibility index (Phi) is 7.61. The number of ether oxygens (including phenoxy) is 2. The first kappa shape index (κ1) is 24.7. The second kappa shape index (κ2) is 10.5. The van der Waals surface area contributed by atoms with E-state index in [4.69, 9.17) is 21.1 Å². The summed E-state index contributed by atoms with van der Waals surface area (Å²) in [5, 5.41) is 0.338. The van der Waals surface area contributed by atoms with Crippen molar-refractivity contribution in [3.8, 4) is 11.5 Å². The normalized spacial score (nSPS) is 20.0. The fourth-order valence-electron chi connectivity index (χ4n) is 4.55. The lowest BCUT2D eigenvalue weighted by Gasteiger charge is -2.35. The fraction of sp³-hybridized carbons (Fsp3) is 0.478. The Morgan fingerprint density at radius 3 is 2.44 bits per heavy atom. The van der Waals surface area contributed by atoms with Crippen molar-refractivity contribution in [1.29, 1.82) is 0 Å². The number of halogens is 1. The van der Waals surface area contributed by atoms with Crippen LogP contribution in [0.1, 0.15) is 24.8 Å². The number of methoxy groups -OCH3 is 2. The van der Waals surface area contributed by atoms with Gasteiger partial charge in [-0.2, -0.15) is 0 Å². The van der Waals surface area contributed by atoms with Gasteiger partial charge in [0.25, 0.3) is 10.0 Å². The second-order valence-corrected chi connectivity index (χ2v) is 10.6. The zero-order valence-electron chi connectivity index (χ0n) is 19.2. The molecule has 0 spiro atoms. The molecule has 2 aromatic rings. The van der Waals surface area contributed by atoms with Crippen LogP contribution in [0, 0.1) is 0 Å². The number of amides is 1. The number of nitrogens with one attached hydrogen (secondary N) is 1. The van der Waals surface area contributed by atoms with Crippen molar-refractivity contribution in [2.75, 3.05) is 33.9 Å². The van der Waals surface area contributed by atoms with Crippen LogP contribution in [-0.4, -0.2) is 75.0 Å². The highest BCUT2D eigenvalue weighted by atomic mass is 35.5. The average molecular weight is 509 g/mol. The summed E-state index contributed by atoms with van der Waals surface area (Å²) in [4.78, 5) is 21.1. The molecule has 2 saturated heterocycles. The smallest absolute Gasteiger partial charge is 0.258 e. The number of pyridine rings is 1. The third kappa shape index (κ3) is 5.46. The summed E-state index contributed by atoms with van der Waals surface area (Å²) in [5.74, 6) is 1.41.